The van der Waals surface area contributed by atoms with E-state index in [0.717, 1.165) is 29.0 Å². The highest BCUT2D eigenvalue weighted by Gasteiger charge is 2.30. The number of alkyl halides is 3. The van der Waals surface area contributed by atoms with Gasteiger partial charge in [-0.05, 0) is 49.9 Å². The molecule has 0 saturated carbocycles. The predicted molar refractivity (Wildman–Crippen MR) is 122 cm³/mol. The molecule has 0 aliphatic carbocycles. The lowest BCUT2D eigenvalue weighted by Crippen LogP contribution is -2.40. The smallest absolute Gasteiger partial charge is 0.379 e. The SMILES string of the molecule is CCn1c(CN(C)Cc2ccc(C(F)(F)F)cc2)nc2cc(S(=O)(=O)N3CCOCC3)ccc21. The summed E-state index contributed by atoms with van der Waals surface area (Å²) in [5.74, 6) is 0.757. The van der Waals surface area contributed by atoms with E-state index < -0.39 is 21.8 Å². The van der Waals surface area contributed by atoms with Crippen LogP contribution in [0.25, 0.3) is 11.0 Å². The van der Waals surface area contributed by atoms with E-state index in [0.29, 0.717) is 51.5 Å². The molecule has 2 aromatic carbocycles. The number of fused-ring (bicyclic) bond motifs is 1. The van der Waals surface area contributed by atoms with Crippen molar-refractivity contribution in [1.82, 2.24) is 18.8 Å². The summed E-state index contributed by atoms with van der Waals surface area (Å²) in [6, 6.07) is 10.1. The van der Waals surface area contributed by atoms with E-state index in [1.165, 1.54) is 16.4 Å². The molecule has 1 fully saturated rings. The molecule has 1 aromatic heterocycles. The quantitative estimate of drug-likeness (QED) is 0.499. The van der Waals surface area contributed by atoms with Crippen molar-refractivity contribution in [2.24, 2.45) is 0 Å². The Labute approximate surface area is 196 Å². The van der Waals surface area contributed by atoms with Gasteiger partial charge in [-0.3, -0.25) is 4.90 Å². The molecule has 0 N–H and O–H groups in total. The van der Waals surface area contributed by atoms with Gasteiger partial charge in [0.1, 0.15) is 5.82 Å². The molecular weight excluding hydrogens is 469 g/mol. The van der Waals surface area contributed by atoms with Crippen LogP contribution in [0.3, 0.4) is 0 Å². The van der Waals surface area contributed by atoms with Crippen molar-refractivity contribution >= 4 is 21.1 Å². The molecule has 0 spiro atoms. The van der Waals surface area contributed by atoms with Crippen molar-refractivity contribution in [3.05, 3.63) is 59.4 Å². The Bertz CT molecular complexity index is 1250. The second-order valence-corrected chi connectivity index (χ2v) is 10.2. The van der Waals surface area contributed by atoms with Crippen molar-refractivity contribution in [2.75, 3.05) is 33.4 Å². The van der Waals surface area contributed by atoms with Crippen LogP contribution in [0.4, 0.5) is 13.2 Å². The largest absolute Gasteiger partial charge is 0.416 e. The number of morpholine rings is 1. The average molecular weight is 497 g/mol. The van der Waals surface area contributed by atoms with Crippen molar-refractivity contribution in [3.63, 3.8) is 0 Å². The van der Waals surface area contributed by atoms with Gasteiger partial charge in [-0.25, -0.2) is 13.4 Å². The number of aryl methyl sites for hydroxylation is 1. The zero-order valence-electron chi connectivity index (χ0n) is 19.0. The predicted octanol–water partition coefficient (Wildman–Crippen LogP) is 3.73. The van der Waals surface area contributed by atoms with Gasteiger partial charge in [0.25, 0.3) is 0 Å². The van der Waals surface area contributed by atoms with Crippen molar-refractivity contribution in [2.45, 2.75) is 37.6 Å². The van der Waals surface area contributed by atoms with Crippen molar-refractivity contribution in [1.29, 1.82) is 0 Å². The first-order valence-electron chi connectivity index (χ1n) is 11.0. The topological polar surface area (TPSA) is 67.7 Å². The molecule has 11 heteroatoms. The summed E-state index contributed by atoms with van der Waals surface area (Å²) in [4.78, 5) is 6.86. The normalized spacial score (nSPS) is 15.9. The maximum Gasteiger partial charge on any atom is 0.416 e. The Kier molecular flexibility index (Phi) is 6.99. The molecule has 0 bridgehead atoms. The molecule has 7 nitrogen and oxygen atoms in total. The highest BCUT2D eigenvalue weighted by Crippen LogP contribution is 2.29. The van der Waals surface area contributed by atoms with Gasteiger partial charge in [-0.15, -0.1) is 0 Å². The van der Waals surface area contributed by atoms with Crippen LogP contribution in [0, 0.1) is 0 Å². The first kappa shape index (κ1) is 24.6. The Hall–Kier alpha value is -2.47. The zero-order valence-corrected chi connectivity index (χ0v) is 19.9. The number of hydrogen-bond acceptors (Lipinski definition) is 5. The fourth-order valence-electron chi connectivity index (χ4n) is 4.14. The van der Waals surface area contributed by atoms with E-state index in [-0.39, 0.29) is 4.90 Å². The number of aromatic nitrogens is 2. The van der Waals surface area contributed by atoms with Gasteiger partial charge in [-0.1, -0.05) is 12.1 Å². The maximum absolute atomic E-state index is 13.0. The second kappa shape index (κ2) is 9.65. The van der Waals surface area contributed by atoms with Gasteiger partial charge < -0.3 is 9.30 Å². The van der Waals surface area contributed by atoms with E-state index in [4.69, 9.17) is 9.72 Å². The molecule has 0 radical (unpaired) electrons. The third-order valence-corrected chi connectivity index (χ3v) is 7.76. The van der Waals surface area contributed by atoms with Gasteiger partial charge in [0.15, 0.2) is 0 Å². The fraction of sp³-hybridized carbons (Fsp3) is 0.435. The number of hydrogen-bond donors (Lipinski definition) is 0. The van der Waals surface area contributed by atoms with Gasteiger partial charge in [0.05, 0.1) is 41.3 Å². The van der Waals surface area contributed by atoms with E-state index >= 15 is 0 Å². The fourth-order valence-corrected chi connectivity index (χ4v) is 5.57. The molecule has 0 unspecified atom stereocenters. The molecular formula is C23H27F3N4O3S. The lowest BCUT2D eigenvalue weighted by Gasteiger charge is -2.26. The summed E-state index contributed by atoms with van der Waals surface area (Å²) in [6.07, 6.45) is -4.36. The molecule has 3 aromatic rings. The standard InChI is InChI=1S/C23H27F3N4O3S/c1-3-30-21-9-8-19(34(31,32)29-10-12-33-13-11-29)14-20(21)27-22(30)16-28(2)15-17-4-6-18(7-5-17)23(24,25)26/h4-9,14H,3,10-13,15-16H2,1-2H3. The van der Waals surface area contributed by atoms with Crippen molar-refractivity contribution < 1.29 is 26.3 Å². The first-order valence-corrected chi connectivity index (χ1v) is 12.5. The van der Waals surface area contributed by atoms with Crippen LogP contribution in [0.1, 0.15) is 23.9 Å². The molecule has 0 atom stereocenters. The Balaban J connectivity index is 1.54. The third kappa shape index (κ3) is 5.12. The maximum atomic E-state index is 13.0. The summed E-state index contributed by atoms with van der Waals surface area (Å²) in [7, 11) is -1.76. The highest BCUT2D eigenvalue weighted by molar-refractivity contribution is 7.89. The molecule has 4 rings (SSSR count). The lowest BCUT2D eigenvalue weighted by molar-refractivity contribution is -0.137. The number of imidazole rings is 1. The molecule has 2 heterocycles. The molecule has 34 heavy (non-hydrogen) atoms. The van der Waals surface area contributed by atoms with E-state index in [1.54, 1.807) is 18.2 Å². The molecule has 1 saturated heterocycles. The minimum Gasteiger partial charge on any atom is -0.379 e. The zero-order chi connectivity index (χ0) is 24.5. The number of ether oxygens (including phenoxy) is 1. The van der Waals surface area contributed by atoms with Crippen LogP contribution in [-0.4, -0.2) is 60.5 Å². The number of benzene rings is 2. The molecule has 1 aliphatic heterocycles. The minimum atomic E-state index is -4.36. The summed E-state index contributed by atoms with van der Waals surface area (Å²) < 4.78 is 73.1. The van der Waals surface area contributed by atoms with Gasteiger partial charge >= 0.3 is 6.18 Å². The molecule has 1 aliphatic rings. The number of sulfonamides is 1. The number of nitrogens with zero attached hydrogens (tertiary/aromatic N) is 4. The summed E-state index contributed by atoms with van der Waals surface area (Å²) >= 11 is 0. The van der Waals surface area contributed by atoms with Crippen molar-refractivity contribution in [3.8, 4) is 0 Å². The second-order valence-electron chi connectivity index (χ2n) is 8.31. The Morgan fingerprint density at radius 3 is 2.35 bits per heavy atom. The third-order valence-electron chi connectivity index (χ3n) is 5.87. The number of halogens is 3. The highest BCUT2D eigenvalue weighted by atomic mass is 32.2. The average Bonchev–Trinajstić information content (AvgIpc) is 3.15. The van der Waals surface area contributed by atoms with Gasteiger partial charge in [0, 0.05) is 26.2 Å². The monoisotopic (exact) mass is 496 g/mol. The van der Waals surface area contributed by atoms with Crippen LogP contribution < -0.4 is 0 Å². The van der Waals surface area contributed by atoms with Crippen LogP contribution in [-0.2, 0) is 40.6 Å². The summed E-state index contributed by atoms with van der Waals surface area (Å²) in [5, 5.41) is 0. The summed E-state index contributed by atoms with van der Waals surface area (Å²) in [6.45, 7) is 4.93. The molecule has 184 valence electrons. The van der Waals surface area contributed by atoms with Crippen LogP contribution in [0.2, 0.25) is 0 Å². The van der Waals surface area contributed by atoms with Crippen LogP contribution >= 0.6 is 0 Å². The first-order chi connectivity index (χ1) is 16.1. The van der Waals surface area contributed by atoms with E-state index in [2.05, 4.69) is 0 Å². The Morgan fingerprint density at radius 1 is 1.06 bits per heavy atom. The summed E-state index contributed by atoms with van der Waals surface area (Å²) in [5.41, 5.74) is 1.51. The molecule has 0 amide bonds. The number of rotatable bonds is 7. The lowest BCUT2D eigenvalue weighted by atomic mass is 10.1. The Morgan fingerprint density at radius 2 is 1.74 bits per heavy atom. The van der Waals surface area contributed by atoms with Gasteiger partial charge in [-0.2, -0.15) is 17.5 Å². The van der Waals surface area contributed by atoms with E-state index in [9.17, 15) is 21.6 Å². The van der Waals surface area contributed by atoms with Crippen LogP contribution in [0.15, 0.2) is 47.4 Å². The van der Waals surface area contributed by atoms with Gasteiger partial charge in [0.2, 0.25) is 10.0 Å². The van der Waals surface area contributed by atoms with Crippen LogP contribution in [0.5, 0.6) is 0 Å². The minimum absolute atomic E-state index is 0.201. The van der Waals surface area contributed by atoms with E-state index in [1.807, 2.05) is 23.4 Å².